The first-order valence-corrected chi connectivity index (χ1v) is 6.34. The van der Waals surface area contributed by atoms with Gasteiger partial charge in [0.25, 0.3) is 0 Å². The van der Waals surface area contributed by atoms with Crippen LogP contribution in [0.25, 0.3) is 0 Å². The largest absolute Gasteiger partial charge is 0.457 e. The van der Waals surface area contributed by atoms with Crippen molar-refractivity contribution in [2.24, 2.45) is 0 Å². The van der Waals surface area contributed by atoms with Crippen LogP contribution in [-0.4, -0.2) is 13.8 Å². The molecule has 2 aromatic rings. The Hall–Kier alpha value is -2.27. The van der Waals surface area contributed by atoms with E-state index < -0.39 is 10.3 Å². The maximum atomic E-state index is 10.7. The average Bonchev–Trinajstić information content (AvgIpc) is 2.34. The summed E-state index contributed by atoms with van der Waals surface area (Å²) in [6, 6.07) is 13.8. The Morgan fingerprint density at radius 3 is 2.33 bits per heavy atom. The maximum absolute atomic E-state index is 10.7. The van der Waals surface area contributed by atoms with Crippen molar-refractivity contribution in [3.63, 3.8) is 0 Å². The highest BCUT2D eigenvalue weighted by Crippen LogP contribution is 2.24. The molecule has 0 aliphatic heterocycles. The summed E-state index contributed by atoms with van der Waals surface area (Å²) in [6.07, 6.45) is 0. The van der Waals surface area contributed by atoms with Crippen LogP contribution in [0.1, 0.15) is 5.56 Å². The lowest BCUT2D eigenvalue weighted by Crippen LogP contribution is -1.91. The smallest absolute Gasteiger partial charge is 0.214 e. The van der Waals surface area contributed by atoms with Crippen molar-refractivity contribution in [3.05, 3.63) is 54.1 Å². The molecule has 2 N–H and O–H groups in total. The summed E-state index contributed by atoms with van der Waals surface area (Å²) in [5.74, 6) is 1.08. The first kappa shape index (κ1) is 12.2. The standard InChI is InChI=1S/C13H11NO3S/c14-11-5-7-12(8-6-11)17-13-4-2-1-3-10(13)9-18(15)16/h1-9H,14H2. The SMILES string of the molecule is Nc1ccc(Oc2ccccc2C=S(=O)=O)cc1. The van der Waals surface area contributed by atoms with Crippen molar-refractivity contribution in [1.29, 1.82) is 0 Å². The zero-order chi connectivity index (χ0) is 13.0. The van der Waals surface area contributed by atoms with Crippen LogP contribution in [0.4, 0.5) is 5.69 Å². The van der Waals surface area contributed by atoms with Crippen LogP contribution in [0.2, 0.25) is 0 Å². The number of hydrogen-bond acceptors (Lipinski definition) is 4. The molecule has 0 aromatic heterocycles. The molecule has 0 saturated carbocycles. The van der Waals surface area contributed by atoms with Gasteiger partial charge in [-0.05, 0) is 30.3 Å². The van der Waals surface area contributed by atoms with E-state index in [4.69, 9.17) is 10.5 Å². The van der Waals surface area contributed by atoms with Crippen LogP contribution in [0.5, 0.6) is 11.5 Å². The summed E-state index contributed by atoms with van der Waals surface area (Å²) in [6.45, 7) is 0. The Balaban J connectivity index is 2.34. The van der Waals surface area contributed by atoms with E-state index in [9.17, 15) is 8.42 Å². The van der Waals surface area contributed by atoms with Crippen LogP contribution in [0, 0.1) is 0 Å². The van der Waals surface area contributed by atoms with Crippen molar-refractivity contribution in [1.82, 2.24) is 0 Å². The molecule has 2 aromatic carbocycles. The molecule has 18 heavy (non-hydrogen) atoms. The van der Waals surface area contributed by atoms with E-state index in [0.717, 1.165) is 5.37 Å². The van der Waals surface area contributed by atoms with E-state index >= 15 is 0 Å². The second-order valence-electron chi connectivity index (χ2n) is 3.59. The second kappa shape index (κ2) is 5.37. The van der Waals surface area contributed by atoms with E-state index in [0.29, 0.717) is 22.7 Å². The lowest BCUT2D eigenvalue weighted by molar-refractivity contribution is 0.482. The number of rotatable bonds is 3. The molecule has 0 bridgehead atoms. The molecule has 0 fully saturated rings. The molecule has 0 radical (unpaired) electrons. The molecule has 0 amide bonds. The van der Waals surface area contributed by atoms with E-state index in [1.165, 1.54) is 0 Å². The molecule has 0 heterocycles. The number of nitrogen functional groups attached to an aromatic ring is 1. The van der Waals surface area contributed by atoms with Crippen molar-refractivity contribution in [2.75, 3.05) is 5.73 Å². The summed E-state index contributed by atoms with van der Waals surface area (Å²) in [5.41, 5.74) is 6.72. The van der Waals surface area contributed by atoms with Gasteiger partial charge < -0.3 is 10.5 Å². The molecule has 0 unspecified atom stereocenters. The third-order valence-corrected chi connectivity index (χ3v) is 2.70. The Bertz CT molecular complexity index is 668. The molecular formula is C13H11NO3S. The summed E-state index contributed by atoms with van der Waals surface area (Å²) >= 11 is 0. The Kier molecular flexibility index (Phi) is 3.64. The maximum Gasteiger partial charge on any atom is 0.214 e. The van der Waals surface area contributed by atoms with Gasteiger partial charge in [-0.1, -0.05) is 18.2 Å². The summed E-state index contributed by atoms with van der Waals surface area (Å²) in [4.78, 5) is 0. The minimum Gasteiger partial charge on any atom is -0.457 e. The molecule has 4 nitrogen and oxygen atoms in total. The molecule has 0 spiro atoms. The van der Waals surface area contributed by atoms with Gasteiger partial charge in [0.2, 0.25) is 10.3 Å². The predicted molar refractivity (Wildman–Crippen MR) is 71.5 cm³/mol. The third kappa shape index (κ3) is 3.11. The van der Waals surface area contributed by atoms with Gasteiger partial charge in [0.1, 0.15) is 11.5 Å². The average molecular weight is 261 g/mol. The first-order valence-electron chi connectivity index (χ1n) is 5.20. The minimum absolute atomic E-state index is 0.478. The lowest BCUT2D eigenvalue weighted by Gasteiger charge is -2.07. The molecule has 5 heteroatoms. The van der Waals surface area contributed by atoms with E-state index in [1.54, 1.807) is 48.5 Å². The van der Waals surface area contributed by atoms with Gasteiger partial charge in [-0.15, -0.1) is 0 Å². The van der Waals surface area contributed by atoms with Crippen LogP contribution in [0.3, 0.4) is 0 Å². The van der Waals surface area contributed by atoms with Gasteiger partial charge in [-0.2, -0.15) is 8.42 Å². The molecule has 2 rings (SSSR count). The van der Waals surface area contributed by atoms with E-state index in [2.05, 4.69) is 0 Å². The van der Waals surface area contributed by atoms with Crippen molar-refractivity contribution < 1.29 is 13.2 Å². The predicted octanol–water partition coefficient (Wildman–Crippen LogP) is 2.09. The van der Waals surface area contributed by atoms with Crippen LogP contribution < -0.4 is 10.5 Å². The molecule has 0 aliphatic carbocycles. The number of ether oxygens (including phenoxy) is 1. The van der Waals surface area contributed by atoms with Gasteiger partial charge in [-0.3, -0.25) is 0 Å². The second-order valence-corrected chi connectivity index (χ2v) is 4.34. The zero-order valence-electron chi connectivity index (χ0n) is 9.41. The van der Waals surface area contributed by atoms with Gasteiger partial charge in [0.05, 0.1) is 5.37 Å². The highest BCUT2D eigenvalue weighted by atomic mass is 32.2. The fourth-order valence-corrected chi connectivity index (χ4v) is 1.84. The van der Waals surface area contributed by atoms with Crippen molar-refractivity contribution >= 4 is 21.3 Å². The monoisotopic (exact) mass is 261 g/mol. The number of para-hydroxylation sites is 1. The Morgan fingerprint density at radius 1 is 1.00 bits per heavy atom. The molecule has 92 valence electrons. The molecular weight excluding hydrogens is 250 g/mol. The quantitative estimate of drug-likeness (QED) is 0.678. The van der Waals surface area contributed by atoms with Crippen molar-refractivity contribution in [2.45, 2.75) is 0 Å². The highest BCUT2D eigenvalue weighted by Gasteiger charge is 2.02. The number of benzene rings is 2. The van der Waals surface area contributed by atoms with Crippen LogP contribution in [0.15, 0.2) is 48.5 Å². The zero-order valence-corrected chi connectivity index (χ0v) is 10.2. The first-order chi connectivity index (χ1) is 8.65. The highest BCUT2D eigenvalue weighted by molar-refractivity contribution is 7.71. The van der Waals surface area contributed by atoms with E-state index in [-0.39, 0.29) is 0 Å². The molecule has 0 atom stereocenters. The van der Waals surface area contributed by atoms with E-state index in [1.807, 2.05) is 0 Å². The number of hydrogen-bond donors (Lipinski definition) is 1. The minimum atomic E-state index is -2.26. The summed E-state index contributed by atoms with van der Waals surface area (Å²) in [7, 11) is -2.26. The number of nitrogens with two attached hydrogens (primary N) is 1. The van der Waals surface area contributed by atoms with Gasteiger partial charge in [0.15, 0.2) is 0 Å². The third-order valence-electron chi connectivity index (χ3n) is 2.25. The fraction of sp³-hybridized carbons (Fsp3) is 0. The summed E-state index contributed by atoms with van der Waals surface area (Å²) < 4.78 is 27.0. The van der Waals surface area contributed by atoms with Gasteiger partial charge >= 0.3 is 0 Å². The topological polar surface area (TPSA) is 69.4 Å². The Morgan fingerprint density at radius 2 is 1.67 bits per heavy atom. The summed E-state index contributed by atoms with van der Waals surface area (Å²) in [5, 5.41) is 1.10. The van der Waals surface area contributed by atoms with Gasteiger partial charge in [-0.25, -0.2) is 0 Å². The molecule has 0 aliphatic rings. The fourth-order valence-electron chi connectivity index (χ4n) is 1.44. The Labute approximate surface area is 106 Å². The van der Waals surface area contributed by atoms with Gasteiger partial charge in [0, 0.05) is 11.3 Å². The van der Waals surface area contributed by atoms with Crippen LogP contribution >= 0.6 is 0 Å². The molecule has 0 saturated heterocycles. The van der Waals surface area contributed by atoms with Crippen molar-refractivity contribution in [3.8, 4) is 11.5 Å². The normalized spacial score (nSPS) is 9.78. The van der Waals surface area contributed by atoms with Crippen LogP contribution in [-0.2, 0) is 10.3 Å². The lowest BCUT2D eigenvalue weighted by atomic mass is 10.2. The number of anilines is 1.